The molecular formula is C20H19N3O6S. The second-order valence-corrected chi connectivity index (χ2v) is 8.72. The summed E-state index contributed by atoms with van der Waals surface area (Å²) in [4.78, 5) is 37.3. The zero-order valence-electron chi connectivity index (χ0n) is 15.9. The van der Waals surface area contributed by atoms with Crippen molar-refractivity contribution in [1.82, 2.24) is 9.62 Å². The van der Waals surface area contributed by atoms with Crippen LogP contribution in [0.1, 0.15) is 39.1 Å². The van der Waals surface area contributed by atoms with Gasteiger partial charge in [-0.15, -0.1) is 0 Å². The van der Waals surface area contributed by atoms with Gasteiger partial charge in [0.2, 0.25) is 0 Å². The van der Waals surface area contributed by atoms with Crippen molar-refractivity contribution in [1.29, 1.82) is 0 Å². The van der Waals surface area contributed by atoms with Gasteiger partial charge in [-0.25, -0.2) is 9.03 Å². The second kappa shape index (κ2) is 7.45. The summed E-state index contributed by atoms with van der Waals surface area (Å²) in [6.07, 6.45) is 1.82. The SMILES string of the molecule is O=C1CN(c2ccc(CCCCN3C(=O)c4ccccc4C3=O)cc2O)S(=O)(=O)N1. The largest absolute Gasteiger partial charge is 0.506 e. The van der Waals surface area contributed by atoms with Crippen LogP contribution in [-0.4, -0.2) is 49.2 Å². The molecule has 0 saturated carbocycles. The number of phenols is 1. The Hall–Kier alpha value is -3.40. The van der Waals surface area contributed by atoms with Crippen LogP contribution in [0, 0.1) is 0 Å². The van der Waals surface area contributed by atoms with E-state index in [4.69, 9.17) is 0 Å². The van der Waals surface area contributed by atoms with E-state index < -0.39 is 16.1 Å². The van der Waals surface area contributed by atoms with Gasteiger partial charge in [0.25, 0.3) is 17.7 Å². The summed E-state index contributed by atoms with van der Waals surface area (Å²) in [5, 5.41) is 10.2. The number of anilines is 1. The third-order valence-electron chi connectivity index (χ3n) is 5.10. The Balaban J connectivity index is 1.34. The van der Waals surface area contributed by atoms with Crippen molar-refractivity contribution < 1.29 is 27.9 Å². The lowest BCUT2D eigenvalue weighted by atomic mass is 10.1. The Morgan fingerprint density at radius 3 is 2.20 bits per heavy atom. The predicted octanol–water partition coefficient (Wildman–Crippen LogP) is 1.19. The van der Waals surface area contributed by atoms with E-state index >= 15 is 0 Å². The topological polar surface area (TPSA) is 124 Å². The first-order chi connectivity index (χ1) is 14.3. The molecule has 0 bridgehead atoms. The highest BCUT2D eigenvalue weighted by Crippen LogP contribution is 2.31. The van der Waals surface area contributed by atoms with Gasteiger partial charge in [-0.05, 0) is 49.1 Å². The molecule has 2 aliphatic heterocycles. The molecule has 9 nitrogen and oxygen atoms in total. The minimum atomic E-state index is -3.98. The van der Waals surface area contributed by atoms with Crippen LogP contribution in [0.25, 0.3) is 0 Å². The smallest absolute Gasteiger partial charge is 0.326 e. The van der Waals surface area contributed by atoms with Crippen LogP contribution in [0.3, 0.4) is 0 Å². The van der Waals surface area contributed by atoms with Crippen molar-refractivity contribution in [2.24, 2.45) is 0 Å². The van der Waals surface area contributed by atoms with Crippen molar-refractivity contribution in [3.05, 3.63) is 59.2 Å². The number of phenolic OH excluding ortho intramolecular Hbond substituents is 1. The van der Waals surface area contributed by atoms with E-state index in [9.17, 15) is 27.9 Å². The fourth-order valence-corrected chi connectivity index (χ4v) is 4.80. The third-order valence-corrected chi connectivity index (χ3v) is 6.50. The summed E-state index contributed by atoms with van der Waals surface area (Å²) >= 11 is 0. The number of rotatable bonds is 6. The fraction of sp³-hybridized carbons (Fsp3) is 0.250. The number of carbonyl (C=O) groups excluding carboxylic acids is 3. The zero-order chi connectivity index (χ0) is 21.5. The van der Waals surface area contributed by atoms with E-state index in [-0.39, 0.29) is 29.8 Å². The van der Waals surface area contributed by atoms with Gasteiger partial charge in [-0.1, -0.05) is 18.2 Å². The van der Waals surface area contributed by atoms with Crippen molar-refractivity contribution in [3.8, 4) is 5.75 Å². The molecule has 0 radical (unpaired) electrons. The van der Waals surface area contributed by atoms with Gasteiger partial charge in [-0.2, -0.15) is 8.42 Å². The van der Waals surface area contributed by atoms with Crippen LogP contribution in [-0.2, 0) is 21.4 Å². The van der Waals surface area contributed by atoms with Crippen LogP contribution in [0.2, 0.25) is 0 Å². The molecule has 0 atom stereocenters. The lowest BCUT2D eigenvalue weighted by Crippen LogP contribution is -2.30. The van der Waals surface area contributed by atoms with Gasteiger partial charge in [0.05, 0.1) is 16.8 Å². The van der Waals surface area contributed by atoms with Gasteiger partial charge in [0.15, 0.2) is 0 Å². The molecule has 2 aromatic rings. The second-order valence-electron chi connectivity index (χ2n) is 7.12. The summed E-state index contributed by atoms with van der Waals surface area (Å²) < 4.78 is 26.5. The number of hydrogen-bond donors (Lipinski definition) is 2. The van der Waals surface area contributed by atoms with Gasteiger partial charge >= 0.3 is 10.2 Å². The number of benzene rings is 2. The average molecular weight is 429 g/mol. The lowest BCUT2D eigenvalue weighted by molar-refractivity contribution is -0.117. The number of amides is 3. The summed E-state index contributed by atoms with van der Waals surface area (Å²) in [6, 6.07) is 11.3. The molecule has 2 N–H and O–H groups in total. The number of nitrogens with zero attached hydrogens (tertiary/aromatic N) is 2. The number of hydrogen-bond acceptors (Lipinski definition) is 6. The van der Waals surface area contributed by atoms with Crippen LogP contribution in [0.15, 0.2) is 42.5 Å². The number of unbranched alkanes of at least 4 members (excludes halogenated alkanes) is 1. The van der Waals surface area contributed by atoms with Crippen molar-refractivity contribution in [3.63, 3.8) is 0 Å². The van der Waals surface area contributed by atoms with E-state index in [0.717, 1.165) is 9.87 Å². The van der Waals surface area contributed by atoms with Crippen LogP contribution >= 0.6 is 0 Å². The maximum Gasteiger partial charge on any atom is 0.326 e. The van der Waals surface area contributed by atoms with Crippen molar-refractivity contribution in [2.45, 2.75) is 19.3 Å². The van der Waals surface area contributed by atoms with E-state index in [2.05, 4.69) is 0 Å². The Morgan fingerprint density at radius 1 is 0.967 bits per heavy atom. The van der Waals surface area contributed by atoms with Gasteiger partial charge in [-0.3, -0.25) is 19.3 Å². The highest BCUT2D eigenvalue weighted by molar-refractivity contribution is 7.92. The maximum absolute atomic E-state index is 12.3. The number of aromatic hydroxyl groups is 1. The molecule has 10 heteroatoms. The number of nitrogens with one attached hydrogen (secondary N) is 1. The molecule has 1 saturated heterocycles. The first-order valence-electron chi connectivity index (χ1n) is 9.38. The first kappa shape index (κ1) is 19.9. The fourth-order valence-electron chi connectivity index (χ4n) is 3.64. The Labute approximate surface area is 173 Å². The van der Waals surface area contributed by atoms with Crippen LogP contribution in [0.4, 0.5) is 5.69 Å². The predicted molar refractivity (Wildman–Crippen MR) is 107 cm³/mol. The highest BCUT2D eigenvalue weighted by Gasteiger charge is 2.36. The summed E-state index contributed by atoms with van der Waals surface area (Å²) in [5.41, 5.74) is 1.65. The molecule has 0 spiro atoms. The number of carbonyl (C=O) groups is 3. The van der Waals surface area contributed by atoms with Gasteiger partial charge in [0, 0.05) is 6.54 Å². The Bertz CT molecular complexity index is 1130. The third kappa shape index (κ3) is 3.50. The molecule has 0 aromatic heterocycles. The molecule has 4 rings (SSSR count). The molecule has 2 aliphatic rings. The molecule has 1 fully saturated rings. The molecule has 3 amide bonds. The first-order valence-corrected chi connectivity index (χ1v) is 10.8. The number of imide groups is 1. The molecular weight excluding hydrogens is 410 g/mol. The quantitative estimate of drug-likeness (QED) is 0.525. The molecule has 156 valence electrons. The monoisotopic (exact) mass is 429 g/mol. The molecule has 2 aromatic carbocycles. The zero-order valence-corrected chi connectivity index (χ0v) is 16.7. The maximum atomic E-state index is 12.3. The van der Waals surface area contributed by atoms with E-state index in [1.165, 1.54) is 17.0 Å². The van der Waals surface area contributed by atoms with Crippen molar-refractivity contribution >= 4 is 33.6 Å². The van der Waals surface area contributed by atoms with Crippen LogP contribution < -0.4 is 9.03 Å². The molecule has 0 aliphatic carbocycles. The number of fused-ring (bicyclic) bond motifs is 1. The lowest BCUT2D eigenvalue weighted by Gasteiger charge is -2.17. The molecule has 2 heterocycles. The molecule has 0 unspecified atom stereocenters. The van der Waals surface area contributed by atoms with E-state index in [1.807, 2.05) is 4.72 Å². The van der Waals surface area contributed by atoms with E-state index in [1.54, 1.807) is 30.3 Å². The summed E-state index contributed by atoms with van der Waals surface area (Å²) in [5.74, 6) is -1.47. The average Bonchev–Trinajstić information content (AvgIpc) is 3.11. The highest BCUT2D eigenvalue weighted by atomic mass is 32.2. The minimum absolute atomic E-state index is 0.0307. The van der Waals surface area contributed by atoms with Gasteiger partial charge < -0.3 is 5.11 Å². The minimum Gasteiger partial charge on any atom is -0.506 e. The van der Waals surface area contributed by atoms with E-state index in [0.29, 0.717) is 36.9 Å². The summed E-state index contributed by atoms with van der Waals surface area (Å²) in [6.45, 7) is -0.0776. The standard InChI is InChI=1S/C20H19N3O6S/c24-17-11-13(8-9-16(17)23-12-18(25)21-30(23,28)29)5-3-4-10-22-19(26)14-6-1-2-7-15(14)20(22)27/h1-2,6-9,11,24H,3-5,10,12H2,(H,21,25). The Kier molecular flexibility index (Phi) is 4.94. The number of aryl methyl sites for hydroxylation is 1. The van der Waals surface area contributed by atoms with Gasteiger partial charge in [0.1, 0.15) is 12.3 Å². The normalized spacial score (nSPS) is 17.4. The van der Waals surface area contributed by atoms with Crippen molar-refractivity contribution in [2.75, 3.05) is 17.4 Å². The summed E-state index contributed by atoms with van der Waals surface area (Å²) in [7, 11) is -3.98. The molecule has 30 heavy (non-hydrogen) atoms. The Morgan fingerprint density at radius 2 is 1.63 bits per heavy atom. The van der Waals surface area contributed by atoms with Crippen LogP contribution in [0.5, 0.6) is 5.75 Å².